The number of halogens is 2. The first-order valence-electron chi connectivity index (χ1n) is 3.97. The van der Waals surface area contributed by atoms with Crippen molar-refractivity contribution in [3.63, 3.8) is 0 Å². The molecular weight excluding hydrogens is 271 g/mol. The van der Waals surface area contributed by atoms with Crippen molar-refractivity contribution in [2.24, 2.45) is 5.73 Å². The zero-order chi connectivity index (χ0) is 9.68. The van der Waals surface area contributed by atoms with Crippen LogP contribution in [0.25, 0.3) is 0 Å². The number of nitrogens with two attached hydrogens (primary N) is 1. The van der Waals surface area contributed by atoms with Crippen LogP contribution in [0.4, 0.5) is 0 Å². The highest BCUT2D eigenvalue weighted by Gasteiger charge is 2.12. The minimum atomic E-state index is -0.217. The molecule has 0 saturated heterocycles. The van der Waals surface area contributed by atoms with Crippen molar-refractivity contribution < 1.29 is 9.21 Å². The number of furan rings is 1. The van der Waals surface area contributed by atoms with Crippen molar-refractivity contribution in [3.8, 4) is 0 Å². The Morgan fingerprint density at radius 2 is 2.36 bits per heavy atom. The van der Waals surface area contributed by atoms with Gasteiger partial charge in [-0.3, -0.25) is 4.79 Å². The van der Waals surface area contributed by atoms with Gasteiger partial charge in [0.05, 0.1) is 10.7 Å². The maximum Gasteiger partial charge on any atom is 0.288 e. The highest BCUT2D eigenvalue weighted by molar-refractivity contribution is 9.10. The number of hydrogen-bond donors (Lipinski definition) is 2. The number of carbonyl (C=O) groups is 1. The van der Waals surface area contributed by atoms with Gasteiger partial charge in [0.15, 0.2) is 0 Å². The number of hydrogen-bond acceptors (Lipinski definition) is 3. The van der Waals surface area contributed by atoms with Crippen molar-refractivity contribution in [1.29, 1.82) is 0 Å². The average molecular weight is 284 g/mol. The van der Waals surface area contributed by atoms with E-state index in [4.69, 9.17) is 10.2 Å². The van der Waals surface area contributed by atoms with Gasteiger partial charge in [0, 0.05) is 6.54 Å². The summed E-state index contributed by atoms with van der Waals surface area (Å²) >= 11 is 3.20. The first-order chi connectivity index (χ1) is 6.25. The molecule has 0 atom stereocenters. The summed E-state index contributed by atoms with van der Waals surface area (Å²) in [5.41, 5.74) is 5.28. The summed E-state index contributed by atoms with van der Waals surface area (Å²) in [5.74, 6) is 0.0855. The highest BCUT2D eigenvalue weighted by Crippen LogP contribution is 2.16. The van der Waals surface area contributed by atoms with E-state index < -0.39 is 0 Å². The highest BCUT2D eigenvalue weighted by atomic mass is 79.9. The Labute approximate surface area is 96.8 Å². The first kappa shape index (κ1) is 13.5. The summed E-state index contributed by atoms with van der Waals surface area (Å²) in [7, 11) is 0. The maximum absolute atomic E-state index is 11.3. The third kappa shape index (κ3) is 3.69. The molecule has 0 saturated carbocycles. The van der Waals surface area contributed by atoms with Crippen LogP contribution in [0.2, 0.25) is 0 Å². The van der Waals surface area contributed by atoms with E-state index in [9.17, 15) is 4.79 Å². The lowest BCUT2D eigenvalue weighted by Crippen LogP contribution is -2.25. The van der Waals surface area contributed by atoms with Crippen LogP contribution in [0.1, 0.15) is 17.0 Å². The summed E-state index contributed by atoms with van der Waals surface area (Å²) in [6, 6.07) is 1.68. The number of amides is 1. The molecule has 0 unspecified atom stereocenters. The van der Waals surface area contributed by atoms with Crippen LogP contribution in [-0.4, -0.2) is 19.0 Å². The van der Waals surface area contributed by atoms with Crippen molar-refractivity contribution in [2.45, 2.75) is 6.42 Å². The summed E-state index contributed by atoms with van der Waals surface area (Å²) in [4.78, 5) is 11.3. The molecule has 1 amide bonds. The third-order valence-corrected chi connectivity index (χ3v) is 2.11. The predicted molar refractivity (Wildman–Crippen MR) is 59.7 cm³/mol. The zero-order valence-corrected chi connectivity index (χ0v) is 9.86. The van der Waals surface area contributed by atoms with Crippen molar-refractivity contribution in [2.75, 3.05) is 13.1 Å². The fourth-order valence-electron chi connectivity index (χ4n) is 0.840. The second kappa shape index (κ2) is 6.86. The SMILES string of the molecule is Cl.NCCCNC(=O)c1occc1Br. The van der Waals surface area contributed by atoms with E-state index in [2.05, 4.69) is 21.2 Å². The van der Waals surface area contributed by atoms with Gasteiger partial charge in [-0.2, -0.15) is 0 Å². The van der Waals surface area contributed by atoms with Crippen LogP contribution < -0.4 is 11.1 Å². The Hall–Kier alpha value is -0.520. The molecule has 0 radical (unpaired) electrons. The molecule has 6 heteroatoms. The molecule has 0 aliphatic heterocycles. The van der Waals surface area contributed by atoms with Crippen LogP contribution in [0.5, 0.6) is 0 Å². The maximum atomic E-state index is 11.3. The van der Waals surface area contributed by atoms with Crippen molar-refractivity contribution in [1.82, 2.24) is 5.32 Å². The molecule has 0 fully saturated rings. The zero-order valence-electron chi connectivity index (χ0n) is 7.46. The van der Waals surface area contributed by atoms with Gasteiger partial charge in [-0.15, -0.1) is 12.4 Å². The number of nitrogens with one attached hydrogen (secondary N) is 1. The van der Waals surface area contributed by atoms with Gasteiger partial charge in [0.25, 0.3) is 5.91 Å². The van der Waals surface area contributed by atoms with Crippen LogP contribution in [0.15, 0.2) is 21.2 Å². The molecule has 1 aromatic heterocycles. The summed E-state index contributed by atoms with van der Waals surface area (Å²) < 4.78 is 5.63. The second-order valence-corrected chi connectivity index (χ2v) is 3.35. The van der Waals surface area contributed by atoms with Crippen LogP contribution in [0.3, 0.4) is 0 Å². The third-order valence-electron chi connectivity index (χ3n) is 1.49. The molecule has 1 rings (SSSR count). The Kier molecular flexibility index (Phi) is 6.61. The molecule has 0 aromatic carbocycles. The number of carbonyl (C=O) groups excluding carboxylic acids is 1. The topological polar surface area (TPSA) is 68.3 Å². The molecule has 14 heavy (non-hydrogen) atoms. The smallest absolute Gasteiger partial charge is 0.288 e. The fourth-order valence-corrected chi connectivity index (χ4v) is 1.22. The predicted octanol–water partition coefficient (Wildman–Crippen LogP) is 1.54. The number of rotatable bonds is 4. The van der Waals surface area contributed by atoms with E-state index in [1.807, 2.05) is 0 Å². The van der Waals surface area contributed by atoms with Gasteiger partial charge in [-0.25, -0.2) is 0 Å². The largest absolute Gasteiger partial charge is 0.458 e. The van der Waals surface area contributed by atoms with Gasteiger partial charge in [-0.05, 0) is 35.0 Å². The molecule has 4 nitrogen and oxygen atoms in total. The van der Waals surface area contributed by atoms with E-state index in [-0.39, 0.29) is 18.3 Å². The molecule has 1 heterocycles. The normalized spacial score (nSPS) is 9.29. The van der Waals surface area contributed by atoms with E-state index in [0.29, 0.717) is 23.3 Å². The minimum Gasteiger partial charge on any atom is -0.458 e. The molecule has 0 bridgehead atoms. The Morgan fingerprint density at radius 3 is 2.86 bits per heavy atom. The van der Waals surface area contributed by atoms with Gasteiger partial charge in [0.1, 0.15) is 0 Å². The fraction of sp³-hybridized carbons (Fsp3) is 0.375. The van der Waals surface area contributed by atoms with E-state index in [1.54, 1.807) is 6.07 Å². The van der Waals surface area contributed by atoms with Crippen molar-refractivity contribution in [3.05, 3.63) is 22.6 Å². The first-order valence-corrected chi connectivity index (χ1v) is 4.76. The molecule has 3 N–H and O–H groups in total. The molecular formula is C8H12BrClN2O2. The monoisotopic (exact) mass is 282 g/mol. The average Bonchev–Trinajstić information content (AvgIpc) is 2.52. The van der Waals surface area contributed by atoms with E-state index in [0.717, 1.165) is 6.42 Å². The minimum absolute atomic E-state index is 0. The quantitative estimate of drug-likeness (QED) is 0.824. The van der Waals surface area contributed by atoms with Gasteiger partial charge < -0.3 is 15.5 Å². The second-order valence-electron chi connectivity index (χ2n) is 2.50. The van der Waals surface area contributed by atoms with E-state index >= 15 is 0 Å². The lowest BCUT2D eigenvalue weighted by Gasteiger charge is -2.01. The molecule has 0 aliphatic carbocycles. The molecule has 80 valence electrons. The lowest BCUT2D eigenvalue weighted by molar-refractivity contribution is 0.0925. The molecule has 1 aromatic rings. The summed E-state index contributed by atoms with van der Waals surface area (Å²) in [5, 5.41) is 2.68. The lowest BCUT2D eigenvalue weighted by atomic mass is 10.4. The Balaban J connectivity index is 0.00000169. The Morgan fingerprint density at radius 1 is 1.64 bits per heavy atom. The van der Waals surface area contributed by atoms with E-state index in [1.165, 1.54) is 6.26 Å². The summed E-state index contributed by atoms with van der Waals surface area (Å²) in [6.45, 7) is 1.14. The standard InChI is InChI=1S/C8H11BrN2O2.ClH/c9-6-2-5-13-7(6)8(12)11-4-1-3-10;/h2,5H,1,3-4,10H2,(H,11,12);1H. The van der Waals surface area contributed by atoms with Gasteiger partial charge in [0.2, 0.25) is 5.76 Å². The van der Waals surface area contributed by atoms with Crippen molar-refractivity contribution >= 4 is 34.2 Å². The molecule has 0 spiro atoms. The summed E-state index contributed by atoms with van der Waals surface area (Å²) in [6.07, 6.45) is 2.23. The Bertz CT molecular complexity index is 291. The molecule has 0 aliphatic rings. The van der Waals surface area contributed by atoms with Crippen LogP contribution in [-0.2, 0) is 0 Å². The van der Waals surface area contributed by atoms with Crippen LogP contribution >= 0.6 is 28.3 Å². The van der Waals surface area contributed by atoms with Crippen LogP contribution in [0, 0.1) is 0 Å². The van der Waals surface area contributed by atoms with Gasteiger partial charge >= 0.3 is 0 Å². The van der Waals surface area contributed by atoms with Gasteiger partial charge in [-0.1, -0.05) is 0 Å².